The largest absolute Gasteiger partial charge is 0.497 e. The summed E-state index contributed by atoms with van der Waals surface area (Å²) < 4.78 is 27.4. The summed E-state index contributed by atoms with van der Waals surface area (Å²) in [6.07, 6.45) is 1.72. The molecule has 6 N–H and O–H groups in total. The summed E-state index contributed by atoms with van der Waals surface area (Å²) in [5, 5.41) is 9.17. The first-order valence-corrected chi connectivity index (χ1v) is 10.9. The number of aliphatic hydroxyl groups is 1. The van der Waals surface area contributed by atoms with Gasteiger partial charge in [0.15, 0.2) is 0 Å². The third-order valence-electron chi connectivity index (χ3n) is 3.80. The van der Waals surface area contributed by atoms with Gasteiger partial charge in [0, 0.05) is 6.42 Å². The first-order valence-electron chi connectivity index (χ1n) is 7.68. The maximum absolute atomic E-state index is 11.2. The lowest BCUT2D eigenvalue weighted by atomic mass is 10.1. The first-order chi connectivity index (χ1) is 11.5. The van der Waals surface area contributed by atoms with Crippen molar-refractivity contribution in [2.24, 2.45) is 0 Å². The summed E-state index contributed by atoms with van der Waals surface area (Å²) in [6.45, 7) is 0.365. The first kappa shape index (κ1) is 22.3. The predicted molar refractivity (Wildman–Crippen MR) is 92.5 cm³/mol. The van der Waals surface area contributed by atoms with E-state index in [0.29, 0.717) is 6.54 Å². The second-order valence-electron chi connectivity index (χ2n) is 5.67. The minimum atomic E-state index is -5.38. The van der Waals surface area contributed by atoms with Crippen LogP contribution in [-0.2, 0) is 15.6 Å². The Morgan fingerprint density at radius 2 is 1.56 bits per heavy atom. The minimum Gasteiger partial charge on any atom is -0.497 e. The van der Waals surface area contributed by atoms with Crippen molar-refractivity contribution in [1.29, 1.82) is 0 Å². The van der Waals surface area contributed by atoms with Crippen LogP contribution in [0.2, 0.25) is 0 Å². The number of ether oxygens (including phenoxy) is 1. The number of aryl methyl sites for hydroxylation is 1. The molecule has 1 aromatic carbocycles. The van der Waals surface area contributed by atoms with Crippen molar-refractivity contribution in [2.45, 2.75) is 30.8 Å². The molecular formula is C14H25NO8P2. The van der Waals surface area contributed by atoms with E-state index in [1.807, 2.05) is 24.3 Å². The molecule has 0 heterocycles. The van der Waals surface area contributed by atoms with Crippen molar-refractivity contribution in [3.05, 3.63) is 29.8 Å². The van der Waals surface area contributed by atoms with Gasteiger partial charge >= 0.3 is 15.2 Å². The molecule has 144 valence electrons. The second-order valence-corrected chi connectivity index (χ2v) is 9.68. The number of methoxy groups -OCH3 is 1. The topological polar surface area (TPSA) is 157 Å². The fourth-order valence-corrected chi connectivity index (χ4v) is 4.38. The average Bonchev–Trinajstić information content (AvgIpc) is 2.52. The fraction of sp³-hybridized carbons (Fsp3) is 0.571. The zero-order chi connectivity index (χ0) is 19.1. The Kier molecular flexibility index (Phi) is 8.25. The standard InChI is InChI=1S/C14H25NO8P2/c1-23-13-7-5-12(6-8-13)4-2-3-10-15-11-9-14(16,24(17,18)19)25(20,21)22/h5-8,15-16H,2-4,9-11H2,1H3,(H2,17,18,19)(H2,20,21,22). The number of unbranched alkanes of at least 4 members (excludes halogenated alkanes) is 1. The maximum Gasteiger partial charge on any atom is 0.369 e. The highest BCUT2D eigenvalue weighted by molar-refractivity contribution is 7.72. The molecule has 1 aromatic rings. The lowest BCUT2D eigenvalue weighted by Crippen LogP contribution is -2.33. The van der Waals surface area contributed by atoms with Crippen LogP contribution in [-0.4, -0.2) is 50.0 Å². The molecule has 0 amide bonds. The van der Waals surface area contributed by atoms with Crippen LogP contribution in [0.25, 0.3) is 0 Å². The van der Waals surface area contributed by atoms with E-state index >= 15 is 0 Å². The van der Waals surface area contributed by atoms with Crippen molar-refractivity contribution < 1.29 is 38.5 Å². The predicted octanol–water partition coefficient (Wildman–Crippen LogP) is 0.999. The maximum atomic E-state index is 11.2. The Hall–Kier alpha value is -0.760. The van der Waals surface area contributed by atoms with Crippen LogP contribution in [0.15, 0.2) is 24.3 Å². The van der Waals surface area contributed by atoms with Gasteiger partial charge in [0.25, 0.3) is 5.08 Å². The van der Waals surface area contributed by atoms with Gasteiger partial charge in [-0.1, -0.05) is 12.1 Å². The molecule has 9 nitrogen and oxygen atoms in total. The zero-order valence-corrected chi connectivity index (χ0v) is 15.7. The SMILES string of the molecule is COc1ccc(CCCCNCCC(O)(P(=O)(O)O)P(=O)(O)O)cc1. The zero-order valence-electron chi connectivity index (χ0n) is 13.9. The lowest BCUT2D eigenvalue weighted by molar-refractivity contribution is 0.123. The van der Waals surface area contributed by atoms with Crippen molar-refractivity contribution in [3.63, 3.8) is 0 Å². The smallest absolute Gasteiger partial charge is 0.369 e. The Labute approximate surface area is 146 Å². The Balaban J connectivity index is 2.31. The van der Waals surface area contributed by atoms with Crippen molar-refractivity contribution in [1.82, 2.24) is 5.32 Å². The van der Waals surface area contributed by atoms with Crippen molar-refractivity contribution >= 4 is 15.2 Å². The highest BCUT2D eigenvalue weighted by atomic mass is 31.2. The third kappa shape index (κ3) is 6.47. The van der Waals surface area contributed by atoms with Gasteiger partial charge in [-0.15, -0.1) is 0 Å². The van der Waals surface area contributed by atoms with Gasteiger partial charge in [-0.25, -0.2) is 0 Å². The quantitative estimate of drug-likeness (QED) is 0.237. The molecule has 1 rings (SSSR count). The van der Waals surface area contributed by atoms with E-state index in [1.54, 1.807) is 7.11 Å². The molecule has 0 fully saturated rings. The van der Waals surface area contributed by atoms with Crippen molar-refractivity contribution in [3.8, 4) is 5.75 Å². The Morgan fingerprint density at radius 1 is 1.00 bits per heavy atom. The van der Waals surface area contributed by atoms with Gasteiger partial charge in [0.2, 0.25) is 0 Å². The van der Waals surface area contributed by atoms with Gasteiger partial charge in [-0.2, -0.15) is 0 Å². The molecule has 0 bridgehead atoms. The van der Waals surface area contributed by atoms with Crippen LogP contribution >= 0.6 is 15.2 Å². The van der Waals surface area contributed by atoms with E-state index in [-0.39, 0.29) is 6.54 Å². The summed E-state index contributed by atoms with van der Waals surface area (Å²) in [4.78, 5) is 36.0. The molecule has 0 aliphatic heterocycles. The molecule has 11 heteroatoms. The molecule has 0 aromatic heterocycles. The van der Waals surface area contributed by atoms with Crippen LogP contribution in [0.3, 0.4) is 0 Å². The molecule has 0 aliphatic rings. The van der Waals surface area contributed by atoms with Crippen LogP contribution in [0.5, 0.6) is 5.75 Å². The van der Waals surface area contributed by atoms with E-state index in [4.69, 9.17) is 24.3 Å². The number of benzene rings is 1. The molecule has 25 heavy (non-hydrogen) atoms. The molecule has 0 saturated carbocycles. The second kappa shape index (κ2) is 9.26. The highest BCUT2D eigenvalue weighted by Crippen LogP contribution is 2.68. The monoisotopic (exact) mass is 397 g/mol. The molecule has 0 atom stereocenters. The molecule has 0 aliphatic carbocycles. The summed E-state index contributed by atoms with van der Waals surface area (Å²) in [5.41, 5.74) is 1.15. The molecule has 0 unspecified atom stereocenters. The number of hydrogen-bond acceptors (Lipinski definition) is 5. The number of hydrogen-bond donors (Lipinski definition) is 6. The van der Waals surface area contributed by atoms with Gasteiger partial charge in [-0.05, 0) is 50.0 Å². The molecular weight excluding hydrogens is 372 g/mol. The Bertz CT molecular complexity index is 602. The summed E-state index contributed by atoms with van der Waals surface area (Å²) >= 11 is 0. The van der Waals surface area contributed by atoms with E-state index in [9.17, 15) is 14.2 Å². The van der Waals surface area contributed by atoms with Gasteiger partial charge in [0.1, 0.15) is 5.75 Å². The van der Waals surface area contributed by atoms with Gasteiger partial charge in [0.05, 0.1) is 7.11 Å². The van der Waals surface area contributed by atoms with Crippen molar-refractivity contribution in [2.75, 3.05) is 20.2 Å². The summed E-state index contributed by atoms with van der Waals surface area (Å²) in [5.74, 6) is 0.785. The van der Waals surface area contributed by atoms with E-state index < -0.39 is 26.7 Å². The summed E-state index contributed by atoms with van der Waals surface area (Å²) in [7, 11) is -9.15. The van der Waals surface area contributed by atoms with E-state index in [0.717, 1.165) is 30.6 Å². The highest BCUT2D eigenvalue weighted by Gasteiger charge is 2.58. The number of nitrogens with one attached hydrogen (secondary N) is 1. The summed E-state index contributed by atoms with van der Waals surface area (Å²) in [6, 6.07) is 7.68. The van der Waals surface area contributed by atoms with Crippen LogP contribution in [0.1, 0.15) is 24.8 Å². The fourth-order valence-electron chi connectivity index (χ4n) is 2.21. The normalized spacial score (nSPS) is 13.0. The minimum absolute atomic E-state index is 0.130. The van der Waals surface area contributed by atoms with Crippen LogP contribution in [0, 0.1) is 0 Å². The average molecular weight is 397 g/mol. The lowest BCUT2D eigenvalue weighted by Gasteiger charge is -2.29. The van der Waals surface area contributed by atoms with E-state index in [1.165, 1.54) is 0 Å². The molecule has 0 saturated heterocycles. The Morgan fingerprint density at radius 3 is 2.04 bits per heavy atom. The molecule has 0 spiro atoms. The third-order valence-corrected chi connectivity index (χ3v) is 7.67. The van der Waals surface area contributed by atoms with Crippen LogP contribution in [0.4, 0.5) is 0 Å². The van der Waals surface area contributed by atoms with E-state index in [2.05, 4.69) is 5.32 Å². The number of rotatable bonds is 11. The van der Waals surface area contributed by atoms with Crippen LogP contribution < -0.4 is 10.1 Å². The van der Waals surface area contributed by atoms with Gasteiger partial charge in [-0.3, -0.25) is 9.13 Å². The molecule has 0 radical (unpaired) electrons. The van der Waals surface area contributed by atoms with Gasteiger partial charge < -0.3 is 34.7 Å².